The van der Waals surface area contributed by atoms with E-state index in [2.05, 4.69) is 5.32 Å². The minimum Gasteiger partial charge on any atom is -0.480 e. The molecule has 0 aliphatic rings. The first kappa shape index (κ1) is 23.2. The molecule has 4 nitrogen and oxygen atoms in total. The van der Waals surface area contributed by atoms with Crippen LogP contribution in [0.25, 0.3) is 22.3 Å². The van der Waals surface area contributed by atoms with Gasteiger partial charge in [0.1, 0.15) is 11.9 Å². The van der Waals surface area contributed by atoms with Crippen LogP contribution in [0.1, 0.15) is 15.9 Å². The Balaban J connectivity index is 1.47. The first-order valence-electron chi connectivity index (χ1n) is 10.6. The van der Waals surface area contributed by atoms with E-state index in [1.165, 1.54) is 18.2 Å². The molecule has 0 unspecified atom stereocenters. The van der Waals surface area contributed by atoms with Crippen LogP contribution < -0.4 is 5.32 Å². The van der Waals surface area contributed by atoms with E-state index in [-0.39, 0.29) is 22.8 Å². The van der Waals surface area contributed by atoms with Crippen LogP contribution in [0.5, 0.6) is 0 Å². The number of benzene rings is 4. The summed E-state index contributed by atoms with van der Waals surface area (Å²) in [6, 6.07) is 27.0. The Morgan fingerprint density at radius 3 is 1.97 bits per heavy atom. The van der Waals surface area contributed by atoms with Gasteiger partial charge in [0.05, 0.1) is 10.6 Å². The fraction of sp³-hybridized carbons (Fsp3) is 0.0714. The van der Waals surface area contributed by atoms with Crippen molar-refractivity contribution in [3.05, 3.63) is 119 Å². The second-order valence-corrected chi connectivity index (χ2v) is 8.24. The van der Waals surface area contributed by atoms with Crippen molar-refractivity contribution in [2.45, 2.75) is 12.5 Å². The number of hydrogen-bond donors (Lipinski definition) is 2. The molecule has 0 aliphatic heterocycles. The lowest BCUT2D eigenvalue weighted by Crippen LogP contribution is -2.42. The molecule has 4 aromatic rings. The average Bonchev–Trinajstić information content (AvgIpc) is 2.85. The van der Waals surface area contributed by atoms with Gasteiger partial charge in [0.25, 0.3) is 5.91 Å². The van der Waals surface area contributed by atoms with Crippen molar-refractivity contribution < 1.29 is 19.1 Å². The molecule has 1 amide bonds. The topological polar surface area (TPSA) is 66.4 Å². The maximum atomic E-state index is 13.2. The smallest absolute Gasteiger partial charge is 0.326 e. The van der Waals surface area contributed by atoms with Crippen molar-refractivity contribution in [2.75, 3.05) is 0 Å². The highest BCUT2D eigenvalue weighted by Gasteiger charge is 2.22. The zero-order valence-corrected chi connectivity index (χ0v) is 18.8. The summed E-state index contributed by atoms with van der Waals surface area (Å²) in [5.74, 6) is -2.07. The third-order valence-corrected chi connectivity index (χ3v) is 5.81. The summed E-state index contributed by atoms with van der Waals surface area (Å²) < 4.78 is 13.2. The van der Waals surface area contributed by atoms with Crippen molar-refractivity contribution >= 4 is 23.5 Å². The van der Waals surface area contributed by atoms with Gasteiger partial charge in [0.15, 0.2) is 0 Å². The number of carboxylic acid groups (broad SMARTS) is 1. The molecule has 0 heterocycles. The minimum absolute atomic E-state index is 0.126. The lowest BCUT2D eigenvalue weighted by Gasteiger charge is -2.16. The molecule has 0 aliphatic carbocycles. The predicted octanol–water partition coefficient (Wildman–Crippen LogP) is 6.24. The molecule has 0 bridgehead atoms. The summed E-state index contributed by atoms with van der Waals surface area (Å²) >= 11 is 6.32. The highest BCUT2D eigenvalue weighted by molar-refractivity contribution is 6.34. The second-order valence-electron chi connectivity index (χ2n) is 7.83. The maximum Gasteiger partial charge on any atom is 0.326 e. The molecular weight excluding hydrogens is 453 g/mol. The number of nitrogens with one attached hydrogen (secondary N) is 1. The summed E-state index contributed by atoms with van der Waals surface area (Å²) in [5, 5.41) is 12.4. The van der Waals surface area contributed by atoms with Crippen molar-refractivity contribution in [1.29, 1.82) is 0 Å². The highest BCUT2D eigenvalue weighted by atomic mass is 35.5. The van der Waals surface area contributed by atoms with Crippen LogP contribution in [0.15, 0.2) is 97.1 Å². The molecule has 6 heteroatoms. The Labute approximate surface area is 201 Å². The molecule has 0 fully saturated rings. The summed E-state index contributed by atoms with van der Waals surface area (Å²) in [7, 11) is 0. The van der Waals surface area contributed by atoms with Crippen molar-refractivity contribution in [3.8, 4) is 22.3 Å². The Morgan fingerprint density at radius 1 is 0.794 bits per heavy atom. The molecule has 0 spiro atoms. The average molecular weight is 474 g/mol. The number of aliphatic carboxylic acids is 1. The van der Waals surface area contributed by atoms with Gasteiger partial charge in [-0.15, -0.1) is 0 Å². The van der Waals surface area contributed by atoms with Crippen LogP contribution in [-0.2, 0) is 11.2 Å². The lowest BCUT2D eigenvalue weighted by molar-refractivity contribution is -0.139. The van der Waals surface area contributed by atoms with Crippen LogP contribution in [0.3, 0.4) is 0 Å². The van der Waals surface area contributed by atoms with Crippen molar-refractivity contribution in [1.82, 2.24) is 5.32 Å². The Hall–Kier alpha value is -3.96. The van der Waals surface area contributed by atoms with Crippen molar-refractivity contribution in [2.24, 2.45) is 0 Å². The van der Waals surface area contributed by atoms with Crippen LogP contribution in [-0.4, -0.2) is 23.0 Å². The monoisotopic (exact) mass is 473 g/mol. The van der Waals surface area contributed by atoms with Crippen LogP contribution in [0.4, 0.5) is 4.39 Å². The molecule has 170 valence electrons. The molecule has 4 rings (SSSR count). The number of amides is 1. The normalized spacial score (nSPS) is 11.6. The molecule has 0 aromatic heterocycles. The summed E-state index contributed by atoms with van der Waals surface area (Å²) in [6.45, 7) is 0. The quantitative estimate of drug-likeness (QED) is 0.334. The molecule has 1 atom stereocenters. The van der Waals surface area contributed by atoms with E-state index in [1.54, 1.807) is 24.3 Å². The molecular formula is C28H21ClFNO3. The van der Waals surface area contributed by atoms with E-state index in [1.807, 2.05) is 54.6 Å². The number of hydrogen-bond acceptors (Lipinski definition) is 2. The number of carbonyl (C=O) groups is 2. The van der Waals surface area contributed by atoms with Gasteiger partial charge in [-0.1, -0.05) is 84.4 Å². The second kappa shape index (κ2) is 10.3. The van der Waals surface area contributed by atoms with Gasteiger partial charge in [-0.2, -0.15) is 0 Å². The van der Waals surface area contributed by atoms with Crippen molar-refractivity contribution in [3.63, 3.8) is 0 Å². The third-order valence-electron chi connectivity index (χ3n) is 5.50. The number of carboxylic acids is 1. The molecule has 34 heavy (non-hydrogen) atoms. The van der Waals surface area contributed by atoms with Gasteiger partial charge in [-0.25, -0.2) is 9.18 Å². The summed E-state index contributed by atoms with van der Waals surface area (Å²) in [5.41, 5.74) is 4.50. The number of halogens is 2. The van der Waals surface area contributed by atoms with Crippen LogP contribution >= 0.6 is 11.6 Å². The standard InChI is InChI=1S/C28H21ClFNO3/c29-25-17-22(21-10-13-23(30)14-11-21)12-15-24(25)27(32)31-26(28(33)34)16-18-6-8-20(9-7-18)19-4-2-1-3-5-19/h1-15,17,26H,16H2,(H,31,32)(H,33,34)/t26-/m0/s1. The van der Waals surface area contributed by atoms with Gasteiger partial charge in [0.2, 0.25) is 0 Å². The Bertz CT molecular complexity index is 1310. The van der Waals surface area contributed by atoms with Gasteiger partial charge in [0, 0.05) is 6.42 Å². The van der Waals surface area contributed by atoms with Gasteiger partial charge in [-0.05, 0) is 52.1 Å². The van der Waals surface area contributed by atoms with Gasteiger partial charge < -0.3 is 10.4 Å². The van der Waals surface area contributed by atoms with Crippen LogP contribution in [0.2, 0.25) is 5.02 Å². The number of rotatable bonds is 7. The van der Waals surface area contributed by atoms with E-state index < -0.39 is 17.9 Å². The fourth-order valence-electron chi connectivity index (χ4n) is 3.66. The molecule has 4 aromatic carbocycles. The maximum absolute atomic E-state index is 13.2. The Morgan fingerprint density at radius 2 is 1.35 bits per heavy atom. The SMILES string of the molecule is O=C(N[C@@H](Cc1ccc(-c2ccccc2)cc1)C(=O)O)c1ccc(-c2ccc(F)cc2)cc1Cl. The molecule has 0 saturated heterocycles. The summed E-state index contributed by atoms with van der Waals surface area (Å²) in [6.07, 6.45) is 0.126. The molecule has 0 radical (unpaired) electrons. The van der Waals surface area contributed by atoms with E-state index >= 15 is 0 Å². The first-order valence-corrected chi connectivity index (χ1v) is 11.0. The molecule has 0 saturated carbocycles. The fourth-order valence-corrected chi connectivity index (χ4v) is 3.92. The zero-order valence-electron chi connectivity index (χ0n) is 18.0. The van der Waals surface area contributed by atoms with Gasteiger partial charge in [-0.3, -0.25) is 4.79 Å². The first-order chi connectivity index (χ1) is 16.4. The highest BCUT2D eigenvalue weighted by Crippen LogP contribution is 2.26. The predicted molar refractivity (Wildman–Crippen MR) is 131 cm³/mol. The van der Waals surface area contributed by atoms with E-state index in [4.69, 9.17) is 11.6 Å². The Kier molecular flexibility index (Phi) is 7.04. The van der Waals surface area contributed by atoms with E-state index in [0.29, 0.717) is 0 Å². The summed E-state index contributed by atoms with van der Waals surface area (Å²) in [4.78, 5) is 24.6. The zero-order chi connectivity index (χ0) is 24.1. The lowest BCUT2D eigenvalue weighted by atomic mass is 10.00. The van der Waals surface area contributed by atoms with Crippen LogP contribution in [0, 0.1) is 5.82 Å². The van der Waals surface area contributed by atoms with E-state index in [9.17, 15) is 19.1 Å². The number of carbonyl (C=O) groups excluding carboxylic acids is 1. The minimum atomic E-state index is -1.14. The molecule has 2 N–H and O–H groups in total. The third kappa shape index (κ3) is 5.50. The largest absolute Gasteiger partial charge is 0.480 e. The van der Waals surface area contributed by atoms with E-state index in [0.717, 1.165) is 27.8 Å². The van der Waals surface area contributed by atoms with Gasteiger partial charge >= 0.3 is 5.97 Å².